The second-order valence-corrected chi connectivity index (χ2v) is 10.1. The lowest BCUT2D eigenvalue weighted by Gasteiger charge is -2.32. The summed E-state index contributed by atoms with van der Waals surface area (Å²) in [4.78, 5) is 55.9. The Labute approximate surface area is 214 Å². The zero-order valence-electron chi connectivity index (χ0n) is 21.7. The standard InChI is InChI=1S/C30H38N2O4/c1-3-5-7-9-11-13-19-31-27(33)21-15-17-23-26-24(18-16-22(25(21)26)28(31)34)30(36)32(29(23)35)20-14-12-10-8-6-4-2/h15-18H,3-14,19-20H2,1-2H3. The highest BCUT2D eigenvalue weighted by Gasteiger charge is 2.39. The van der Waals surface area contributed by atoms with Crippen LogP contribution in [-0.2, 0) is 0 Å². The smallest absolute Gasteiger partial charge is 0.261 e. The van der Waals surface area contributed by atoms with Crippen molar-refractivity contribution in [2.75, 3.05) is 13.1 Å². The first-order chi connectivity index (χ1) is 17.5. The lowest BCUT2D eigenvalue weighted by Crippen LogP contribution is -2.43. The molecule has 0 bridgehead atoms. The summed E-state index contributed by atoms with van der Waals surface area (Å²) in [5, 5.41) is 0.917. The van der Waals surface area contributed by atoms with E-state index in [9.17, 15) is 19.2 Å². The molecule has 6 heteroatoms. The van der Waals surface area contributed by atoms with Crippen molar-refractivity contribution in [2.24, 2.45) is 0 Å². The molecule has 0 radical (unpaired) electrons. The van der Waals surface area contributed by atoms with Gasteiger partial charge in [-0.15, -0.1) is 0 Å². The van der Waals surface area contributed by atoms with E-state index in [2.05, 4.69) is 13.8 Å². The van der Waals surface area contributed by atoms with Crippen LogP contribution in [0.3, 0.4) is 0 Å². The molecule has 0 aromatic heterocycles. The Morgan fingerprint density at radius 2 is 0.722 bits per heavy atom. The molecule has 0 spiro atoms. The van der Waals surface area contributed by atoms with Gasteiger partial charge in [0.15, 0.2) is 0 Å². The van der Waals surface area contributed by atoms with Crippen LogP contribution < -0.4 is 0 Å². The normalized spacial score (nSPS) is 14.9. The maximum atomic E-state index is 13.3. The van der Waals surface area contributed by atoms with Gasteiger partial charge in [-0.05, 0) is 37.1 Å². The van der Waals surface area contributed by atoms with Gasteiger partial charge in [-0.3, -0.25) is 29.0 Å². The van der Waals surface area contributed by atoms with Gasteiger partial charge in [0.25, 0.3) is 23.6 Å². The number of hydrogen-bond donors (Lipinski definition) is 0. The summed E-state index contributed by atoms with van der Waals surface area (Å²) in [6, 6.07) is 6.63. The summed E-state index contributed by atoms with van der Waals surface area (Å²) in [7, 11) is 0. The maximum absolute atomic E-state index is 13.3. The van der Waals surface area contributed by atoms with E-state index < -0.39 is 0 Å². The van der Waals surface area contributed by atoms with Gasteiger partial charge in [-0.1, -0.05) is 78.1 Å². The van der Waals surface area contributed by atoms with E-state index in [0.717, 1.165) is 38.5 Å². The van der Waals surface area contributed by atoms with Gasteiger partial charge in [-0.25, -0.2) is 0 Å². The number of unbranched alkanes of at least 4 members (excludes halogenated alkanes) is 10. The average molecular weight is 491 g/mol. The Bertz CT molecular complexity index is 1010. The minimum absolute atomic E-state index is 0.334. The summed E-state index contributed by atoms with van der Waals surface area (Å²) in [6.45, 7) is 5.12. The van der Waals surface area contributed by atoms with Gasteiger partial charge < -0.3 is 0 Å². The third kappa shape index (κ3) is 4.95. The summed E-state index contributed by atoms with van der Waals surface area (Å²) in [6.07, 6.45) is 12.8. The molecule has 0 aliphatic carbocycles. The highest BCUT2D eigenvalue weighted by Crippen LogP contribution is 2.38. The molecule has 4 amide bonds. The minimum Gasteiger partial charge on any atom is -0.274 e. The van der Waals surface area contributed by atoms with Gasteiger partial charge in [0.1, 0.15) is 0 Å². The third-order valence-electron chi connectivity index (χ3n) is 7.53. The van der Waals surface area contributed by atoms with Crippen LogP contribution in [0.5, 0.6) is 0 Å². The largest absolute Gasteiger partial charge is 0.274 e. The predicted octanol–water partition coefficient (Wildman–Crippen LogP) is 6.75. The molecule has 36 heavy (non-hydrogen) atoms. The fourth-order valence-corrected chi connectivity index (χ4v) is 5.48. The van der Waals surface area contributed by atoms with Crippen molar-refractivity contribution >= 4 is 34.4 Å². The fourth-order valence-electron chi connectivity index (χ4n) is 5.48. The molecule has 2 aromatic rings. The molecule has 0 atom stereocenters. The first-order valence-electron chi connectivity index (χ1n) is 13.8. The molecule has 2 aromatic carbocycles. The average Bonchev–Trinajstić information content (AvgIpc) is 2.88. The predicted molar refractivity (Wildman–Crippen MR) is 141 cm³/mol. The second kappa shape index (κ2) is 11.8. The molecule has 2 aliphatic rings. The fraction of sp³-hybridized carbons (Fsp3) is 0.533. The second-order valence-electron chi connectivity index (χ2n) is 10.1. The molecule has 0 saturated heterocycles. The van der Waals surface area contributed by atoms with Crippen LogP contribution in [0.15, 0.2) is 24.3 Å². The molecule has 0 N–H and O–H groups in total. The van der Waals surface area contributed by atoms with E-state index >= 15 is 0 Å². The van der Waals surface area contributed by atoms with E-state index in [1.54, 1.807) is 24.3 Å². The summed E-state index contributed by atoms with van der Waals surface area (Å²) in [5.74, 6) is -1.34. The van der Waals surface area contributed by atoms with Crippen molar-refractivity contribution in [3.63, 3.8) is 0 Å². The molecule has 2 aliphatic heterocycles. The monoisotopic (exact) mass is 490 g/mol. The van der Waals surface area contributed by atoms with Gasteiger partial charge in [0, 0.05) is 46.1 Å². The van der Waals surface area contributed by atoms with Crippen LogP contribution in [-0.4, -0.2) is 46.5 Å². The first kappa shape index (κ1) is 26.1. The number of hydrogen-bond acceptors (Lipinski definition) is 4. The molecule has 6 nitrogen and oxygen atoms in total. The van der Waals surface area contributed by atoms with Gasteiger partial charge in [-0.2, -0.15) is 0 Å². The van der Waals surface area contributed by atoms with Crippen molar-refractivity contribution in [1.82, 2.24) is 9.80 Å². The summed E-state index contributed by atoms with van der Waals surface area (Å²) < 4.78 is 0. The molecule has 0 unspecified atom stereocenters. The Morgan fingerprint density at radius 3 is 1.03 bits per heavy atom. The molecule has 192 valence electrons. The van der Waals surface area contributed by atoms with Crippen molar-refractivity contribution in [2.45, 2.75) is 90.9 Å². The van der Waals surface area contributed by atoms with Crippen molar-refractivity contribution < 1.29 is 19.2 Å². The van der Waals surface area contributed by atoms with Crippen LogP contribution >= 0.6 is 0 Å². The molecule has 2 heterocycles. The minimum atomic E-state index is -0.334. The zero-order valence-corrected chi connectivity index (χ0v) is 21.7. The number of benzene rings is 2. The van der Waals surface area contributed by atoms with Gasteiger partial charge >= 0.3 is 0 Å². The van der Waals surface area contributed by atoms with Crippen molar-refractivity contribution in [3.8, 4) is 0 Å². The van der Waals surface area contributed by atoms with E-state index in [0.29, 0.717) is 46.1 Å². The van der Waals surface area contributed by atoms with Crippen LogP contribution in [0.1, 0.15) is 132 Å². The summed E-state index contributed by atoms with van der Waals surface area (Å²) >= 11 is 0. The van der Waals surface area contributed by atoms with E-state index in [1.807, 2.05) is 0 Å². The number of nitrogens with zero attached hydrogens (tertiary/aromatic N) is 2. The zero-order chi connectivity index (χ0) is 25.7. The number of imide groups is 2. The van der Waals surface area contributed by atoms with Crippen molar-refractivity contribution in [3.05, 3.63) is 46.5 Å². The topological polar surface area (TPSA) is 74.8 Å². The van der Waals surface area contributed by atoms with Crippen molar-refractivity contribution in [1.29, 1.82) is 0 Å². The Hall–Kier alpha value is -3.02. The lowest BCUT2D eigenvalue weighted by molar-refractivity contribution is 0.0586. The quantitative estimate of drug-likeness (QED) is 0.217. The van der Waals surface area contributed by atoms with Crippen LogP contribution in [0, 0.1) is 0 Å². The lowest BCUT2D eigenvalue weighted by atomic mass is 9.86. The van der Waals surface area contributed by atoms with E-state index in [4.69, 9.17) is 0 Å². The van der Waals surface area contributed by atoms with E-state index in [1.165, 1.54) is 48.3 Å². The Kier molecular flexibility index (Phi) is 8.55. The number of rotatable bonds is 14. The van der Waals surface area contributed by atoms with Gasteiger partial charge in [0.05, 0.1) is 0 Å². The maximum Gasteiger partial charge on any atom is 0.261 e. The number of carbonyl (C=O) groups excluding carboxylic acids is 4. The van der Waals surface area contributed by atoms with Gasteiger partial charge in [0.2, 0.25) is 0 Å². The molecular formula is C30H38N2O4. The number of amides is 4. The third-order valence-corrected chi connectivity index (χ3v) is 7.53. The number of carbonyl (C=O) groups is 4. The van der Waals surface area contributed by atoms with Crippen LogP contribution in [0.2, 0.25) is 0 Å². The summed E-state index contributed by atoms with van der Waals surface area (Å²) in [5.41, 5.74) is 1.62. The van der Waals surface area contributed by atoms with Crippen LogP contribution in [0.25, 0.3) is 10.8 Å². The highest BCUT2D eigenvalue weighted by atomic mass is 16.2. The molecule has 0 saturated carbocycles. The molecular weight excluding hydrogens is 452 g/mol. The first-order valence-corrected chi connectivity index (χ1v) is 13.8. The Morgan fingerprint density at radius 1 is 0.444 bits per heavy atom. The van der Waals surface area contributed by atoms with Crippen LogP contribution in [0.4, 0.5) is 0 Å². The highest BCUT2D eigenvalue weighted by molar-refractivity contribution is 6.33. The SMILES string of the molecule is CCCCCCCCN1C(=O)c2ccc3c4c(ccc(c24)C1=O)C(=O)N(CCCCCCCC)C3=O. The molecule has 4 rings (SSSR count). The molecule has 0 fully saturated rings. The van der Waals surface area contributed by atoms with E-state index in [-0.39, 0.29) is 23.6 Å². The Balaban J connectivity index is 1.54.